The molecule has 1 aliphatic rings. The maximum Gasteiger partial charge on any atom is 0.418 e. The van der Waals surface area contributed by atoms with E-state index < -0.39 is 12.0 Å². The van der Waals surface area contributed by atoms with Crippen molar-refractivity contribution in [3.8, 4) is 0 Å². The average Bonchev–Trinajstić information content (AvgIpc) is 2.31. The Balaban J connectivity index is 2.48. The molecule has 0 aromatic heterocycles. The number of carbonyl (C=O) groups excluding carboxylic acids is 1. The van der Waals surface area contributed by atoms with E-state index in [1.165, 1.54) is 11.8 Å². The molecule has 0 saturated heterocycles. The number of nitrogens with zero attached hydrogens (tertiary/aromatic N) is 1. The number of fused-ring (bicyclic) bond motifs is 1. The van der Waals surface area contributed by atoms with Crippen molar-refractivity contribution in [2.45, 2.75) is 23.5 Å². The van der Waals surface area contributed by atoms with E-state index in [0.29, 0.717) is 18.7 Å². The lowest BCUT2D eigenvalue weighted by atomic mass is 10.1. The monoisotopic (exact) mass is 266 g/mol. The molecule has 0 spiro atoms. The Morgan fingerprint density at radius 3 is 2.89 bits per heavy atom. The molecule has 1 aliphatic heterocycles. The van der Waals surface area contributed by atoms with Crippen LogP contribution in [0.15, 0.2) is 23.1 Å². The van der Waals surface area contributed by atoms with Crippen LogP contribution in [0.4, 0.5) is 10.5 Å². The number of amides is 2. The highest BCUT2D eigenvalue weighted by atomic mass is 32.2. The molecule has 5 nitrogen and oxygen atoms in total. The van der Waals surface area contributed by atoms with Gasteiger partial charge in [0.2, 0.25) is 5.91 Å². The summed E-state index contributed by atoms with van der Waals surface area (Å²) in [5, 5.41) is 8.78. The van der Waals surface area contributed by atoms with E-state index in [9.17, 15) is 9.59 Å². The van der Waals surface area contributed by atoms with Crippen LogP contribution in [0, 0.1) is 0 Å². The van der Waals surface area contributed by atoms with Gasteiger partial charge in [0.25, 0.3) is 0 Å². The molecule has 6 heteroatoms. The van der Waals surface area contributed by atoms with Gasteiger partial charge in [-0.25, -0.2) is 9.69 Å². The summed E-state index contributed by atoms with van der Waals surface area (Å²) in [7, 11) is 0. The molecule has 0 fully saturated rings. The van der Waals surface area contributed by atoms with Gasteiger partial charge >= 0.3 is 6.09 Å². The Kier molecular flexibility index (Phi) is 3.58. The topological polar surface area (TPSA) is 83.6 Å². The van der Waals surface area contributed by atoms with Gasteiger partial charge in [0, 0.05) is 4.90 Å². The zero-order valence-electron chi connectivity index (χ0n) is 9.92. The fraction of sp³-hybridized carbons (Fsp3) is 0.333. The van der Waals surface area contributed by atoms with Crippen molar-refractivity contribution in [2.75, 3.05) is 11.4 Å². The van der Waals surface area contributed by atoms with E-state index in [4.69, 9.17) is 10.8 Å². The molecule has 1 aromatic carbocycles. The van der Waals surface area contributed by atoms with Crippen LogP contribution in [0.1, 0.15) is 12.5 Å². The highest BCUT2D eigenvalue weighted by molar-refractivity contribution is 8.01. The minimum Gasteiger partial charge on any atom is -0.464 e. The van der Waals surface area contributed by atoms with Gasteiger partial charge in [0.15, 0.2) is 0 Å². The lowest BCUT2D eigenvalue weighted by molar-refractivity contribution is -0.117. The molecule has 1 aromatic rings. The molecule has 2 rings (SSSR count). The summed E-state index contributed by atoms with van der Waals surface area (Å²) in [6.45, 7) is 2.20. The molecule has 1 unspecified atom stereocenters. The number of nitrogens with two attached hydrogens (primary N) is 1. The van der Waals surface area contributed by atoms with Crippen molar-refractivity contribution in [1.82, 2.24) is 0 Å². The Morgan fingerprint density at radius 2 is 2.28 bits per heavy atom. The molecule has 0 bridgehead atoms. The number of benzene rings is 1. The molecule has 1 heterocycles. The molecule has 2 amide bonds. The number of carbonyl (C=O) groups is 2. The summed E-state index contributed by atoms with van der Waals surface area (Å²) in [5.41, 5.74) is 6.86. The smallest absolute Gasteiger partial charge is 0.418 e. The van der Waals surface area contributed by atoms with Crippen LogP contribution in [-0.2, 0) is 11.2 Å². The van der Waals surface area contributed by atoms with Gasteiger partial charge in [-0.15, -0.1) is 11.8 Å². The molecule has 0 aliphatic carbocycles. The van der Waals surface area contributed by atoms with E-state index in [2.05, 4.69) is 0 Å². The number of thioether (sulfide) groups is 1. The van der Waals surface area contributed by atoms with Crippen molar-refractivity contribution in [3.05, 3.63) is 23.8 Å². The van der Waals surface area contributed by atoms with Crippen molar-refractivity contribution in [3.63, 3.8) is 0 Å². The van der Waals surface area contributed by atoms with Crippen molar-refractivity contribution < 1.29 is 14.7 Å². The first-order chi connectivity index (χ1) is 8.54. The number of hydrogen-bond donors (Lipinski definition) is 2. The summed E-state index contributed by atoms with van der Waals surface area (Å²) in [5.74, 6) is -0.398. The second-order valence-electron chi connectivity index (χ2n) is 4.06. The summed E-state index contributed by atoms with van der Waals surface area (Å²) in [6, 6.07) is 5.50. The quantitative estimate of drug-likeness (QED) is 0.851. The molecule has 18 heavy (non-hydrogen) atoms. The van der Waals surface area contributed by atoms with Gasteiger partial charge in [-0.05, 0) is 37.6 Å². The van der Waals surface area contributed by atoms with Gasteiger partial charge < -0.3 is 10.8 Å². The maximum atomic E-state index is 11.9. The fourth-order valence-corrected chi connectivity index (χ4v) is 2.90. The van der Waals surface area contributed by atoms with Gasteiger partial charge in [0.05, 0.1) is 10.9 Å². The second kappa shape index (κ2) is 4.99. The lowest BCUT2D eigenvalue weighted by Gasteiger charge is -2.29. The third-order valence-corrected chi connectivity index (χ3v) is 3.91. The van der Waals surface area contributed by atoms with Crippen molar-refractivity contribution >= 4 is 29.4 Å². The standard InChI is InChI=1S/C12H14N2O3S/c1-7-11(15)14(12(16)17)9-6-8(4-5-13)2-3-10(9)18-7/h2-3,6-7H,4-5,13H2,1H3,(H,16,17). The third kappa shape index (κ3) is 2.21. The second-order valence-corrected chi connectivity index (χ2v) is 5.44. The average molecular weight is 266 g/mol. The minimum atomic E-state index is -1.24. The lowest BCUT2D eigenvalue weighted by Crippen LogP contribution is -2.43. The van der Waals surface area contributed by atoms with Crippen LogP contribution < -0.4 is 10.6 Å². The van der Waals surface area contributed by atoms with Crippen LogP contribution in [0.2, 0.25) is 0 Å². The first-order valence-electron chi connectivity index (χ1n) is 5.61. The first kappa shape index (κ1) is 12.9. The molecule has 96 valence electrons. The van der Waals surface area contributed by atoms with Crippen molar-refractivity contribution in [2.24, 2.45) is 5.73 Å². The fourth-order valence-electron chi connectivity index (χ4n) is 1.90. The predicted octanol–water partition coefficient (Wildman–Crippen LogP) is 1.69. The maximum absolute atomic E-state index is 11.9. The largest absolute Gasteiger partial charge is 0.464 e. The van der Waals surface area contributed by atoms with E-state index >= 15 is 0 Å². The van der Waals surface area contributed by atoms with E-state index in [-0.39, 0.29) is 5.25 Å². The van der Waals surface area contributed by atoms with Crippen LogP contribution in [0.25, 0.3) is 0 Å². The Morgan fingerprint density at radius 1 is 1.56 bits per heavy atom. The minimum absolute atomic E-state index is 0.381. The summed E-state index contributed by atoms with van der Waals surface area (Å²) in [6.07, 6.45) is -0.576. The van der Waals surface area contributed by atoms with E-state index in [0.717, 1.165) is 15.4 Å². The van der Waals surface area contributed by atoms with Crippen LogP contribution in [0.3, 0.4) is 0 Å². The Labute approximate surface area is 109 Å². The van der Waals surface area contributed by atoms with Gasteiger partial charge in [-0.2, -0.15) is 0 Å². The molecular formula is C12H14N2O3S. The normalized spacial score (nSPS) is 18.7. The number of anilines is 1. The Hall–Kier alpha value is -1.53. The predicted molar refractivity (Wildman–Crippen MR) is 70.0 cm³/mol. The number of hydrogen-bond acceptors (Lipinski definition) is 4. The summed E-state index contributed by atoms with van der Waals surface area (Å²) in [4.78, 5) is 24.8. The molecule has 0 saturated carbocycles. The Bertz CT molecular complexity index is 504. The summed E-state index contributed by atoms with van der Waals surface area (Å²) >= 11 is 1.38. The van der Waals surface area contributed by atoms with Crippen LogP contribution in [-0.4, -0.2) is 28.9 Å². The SMILES string of the molecule is CC1Sc2ccc(CCN)cc2N(C(=O)O)C1=O. The molecular weight excluding hydrogens is 252 g/mol. The third-order valence-electron chi connectivity index (χ3n) is 2.76. The number of rotatable bonds is 2. The molecule has 3 N–H and O–H groups in total. The first-order valence-corrected chi connectivity index (χ1v) is 6.49. The zero-order chi connectivity index (χ0) is 13.3. The zero-order valence-corrected chi connectivity index (χ0v) is 10.7. The molecule has 1 atom stereocenters. The number of carboxylic acid groups (broad SMARTS) is 1. The van der Waals surface area contributed by atoms with E-state index in [1.54, 1.807) is 13.0 Å². The van der Waals surface area contributed by atoms with Gasteiger partial charge in [0.1, 0.15) is 0 Å². The highest BCUT2D eigenvalue weighted by Gasteiger charge is 2.34. The van der Waals surface area contributed by atoms with Crippen LogP contribution >= 0.6 is 11.8 Å². The summed E-state index contributed by atoms with van der Waals surface area (Å²) < 4.78 is 0. The van der Waals surface area contributed by atoms with Crippen molar-refractivity contribution in [1.29, 1.82) is 0 Å². The number of imide groups is 1. The highest BCUT2D eigenvalue weighted by Crippen LogP contribution is 2.39. The van der Waals surface area contributed by atoms with Gasteiger partial charge in [-0.1, -0.05) is 6.07 Å². The van der Waals surface area contributed by atoms with Crippen LogP contribution in [0.5, 0.6) is 0 Å². The van der Waals surface area contributed by atoms with Gasteiger partial charge in [-0.3, -0.25) is 4.79 Å². The van der Waals surface area contributed by atoms with E-state index in [1.807, 2.05) is 12.1 Å². The molecule has 0 radical (unpaired) electrons.